The molecule has 0 aromatic rings. The largest absolute Gasteiger partial charge is 0.457 e. The third-order valence-electron chi connectivity index (χ3n) is 3.74. The molecular formula is C21H34O8. The molecule has 0 bridgehead atoms. The molecule has 29 heavy (non-hydrogen) atoms. The molecule has 0 heterocycles. The highest BCUT2D eigenvalue weighted by Gasteiger charge is 2.16. The molecule has 0 unspecified atom stereocenters. The summed E-state index contributed by atoms with van der Waals surface area (Å²) in [6.45, 7) is 8.51. The maximum atomic E-state index is 11.8. The Kier molecular flexibility index (Phi) is 16.7. The minimum atomic E-state index is -0.849. The lowest BCUT2D eigenvalue weighted by Gasteiger charge is -2.08. The normalized spacial score (nSPS) is 10.4. The van der Waals surface area contributed by atoms with Gasteiger partial charge in [0.05, 0.1) is 19.6 Å². The van der Waals surface area contributed by atoms with Gasteiger partial charge in [0, 0.05) is 31.6 Å². The fourth-order valence-corrected chi connectivity index (χ4v) is 1.92. The Balaban J connectivity index is 3.86. The first kappa shape index (κ1) is 26.9. The van der Waals surface area contributed by atoms with E-state index < -0.39 is 25.0 Å². The lowest BCUT2D eigenvalue weighted by molar-refractivity contribution is -0.150. The van der Waals surface area contributed by atoms with Gasteiger partial charge in [0.2, 0.25) is 0 Å². The van der Waals surface area contributed by atoms with Crippen molar-refractivity contribution >= 4 is 23.5 Å². The van der Waals surface area contributed by atoms with E-state index in [2.05, 4.69) is 6.58 Å². The van der Waals surface area contributed by atoms with E-state index in [1.165, 1.54) is 0 Å². The van der Waals surface area contributed by atoms with Crippen molar-refractivity contribution in [1.82, 2.24) is 0 Å². The molecule has 0 aliphatic rings. The summed E-state index contributed by atoms with van der Waals surface area (Å²) in [6, 6.07) is 0. The fraction of sp³-hybridized carbons (Fsp3) is 0.714. The first-order valence-corrected chi connectivity index (χ1v) is 10.1. The molecular weight excluding hydrogens is 380 g/mol. The van der Waals surface area contributed by atoms with Crippen molar-refractivity contribution in [2.75, 3.05) is 39.6 Å². The Morgan fingerprint density at radius 3 is 1.69 bits per heavy atom. The van der Waals surface area contributed by atoms with Crippen molar-refractivity contribution < 1.29 is 38.1 Å². The van der Waals surface area contributed by atoms with Crippen LogP contribution < -0.4 is 0 Å². The summed E-state index contributed by atoms with van der Waals surface area (Å²) in [4.78, 5) is 46.7. The Labute approximate surface area is 172 Å². The smallest absolute Gasteiger partial charge is 0.334 e. The van der Waals surface area contributed by atoms with E-state index >= 15 is 0 Å². The van der Waals surface area contributed by atoms with Gasteiger partial charge in [-0.25, -0.2) is 4.79 Å². The van der Waals surface area contributed by atoms with Gasteiger partial charge in [-0.2, -0.15) is 0 Å². The number of unbranched alkanes of at least 4 members (excludes halogenated alkanes) is 2. The summed E-state index contributed by atoms with van der Waals surface area (Å²) in [6.07, 6.45) is 3.78. The fourth-order valence-electron chi connectivity index (χ4n) is 1.92. The third kappa shape index (κ3) is 16.6. The Hall–Kier alpha value is -2.06. The molecule has 0 aliphatic heterocycles. The lowest BCUT2D eigenvalue weighted by Crippen LogP contribution is -2.20. The second kappa shape index (κ2) is 18.0. The molecule has 0 atom stereocenters. The molecule has 0 amide bonds. The molecule has 166 valence electrons. The van der Waals surface area contributed by atoms with E-state index in [0.717, 1.165) is 25.7 Å². The molecule has 8 heteroatoms. The molecule has 0 radical (unpaired) electrons. The monoisotopic (exact) mass is 414 g/mol. The van der Waals surface area contributed by atoms with Crippen molar-refractivity contribution in [1.29, 1.82) is 0 Å². The van der Waals surface area contributed by atoms with Gasteiger partial charge in [0.15, 0.2) is 11.6 Å². The zero-order valence-electron chi connectivity index (χ0n) is 17.7. The molecule has 0 aliphatic carbocycles. The highest BCUT2D eigenvalue weighted by Crippen LogP contribution is 2.04. The zero-order chi connectivity index (χ0) is 21.9. The van der Waals surface area contributed by atoms with E-state index in [1.807, 2.05) is 13.8 Å². The second-order valence-electron chi connectivity index (χ2n) is 6.53. The summed E-state index contributed by atoms with van der Waals surface area (Å²) in [5, 5.41) is 0. The van der Waals surface area contributed by atoms with E-state index in [4.69, 9.17) is 18.9 Å². The van der Waals surface area contributed by atoms with Gasteiger partial charge in [0.25, 0.3) is 0 Å². The molecule has 0 aromatic carbocycles. The van der Waals surface area contributed by atoms with Gasteiger partial charge >= 0.3 is 11.9 Å². The van der Waals surface area contributed by atoms with Crippen LogP contribution in [-0.4, -0.2) is 63.1 Å². The number of esters is 2. The zero-order valence-corrected chi connectivity index (χ0v) is 17.7. The van der Waals surface area contributed by atoms with Gasteiger partial charge in [-0.3, -0.25) is 14.4 Å². The summed E-state index contributed by atoms with van der Waals surface area (Å²) in [7, 11) is 0. The maximum Gasteiger partial charge on any atom is 0.334 e. The number of hydrogen-bond acceptors (Lipinski definition) is 8. The summed E-state index contributed by atoms with van der Waals surface area (Å²) >= 11 is 0. The van der Waals surface area contributed by atoms with Gasteiger partial charge in [-0.1, -0.05) is 33.3 Å². The SMILES string of the molecule is C=C(CC(=O)OCC(=O)CCOCCCC)C(=O)OCC(=O)CCOCCCC. The van der Waals surface area contributed by atoms with Crippen LogP contribution in [0.2, 0.25) is 0 Å². The summed E-state index contributed by atoms with van der Waals surface area (Å²) < 4.78 is 20.2. The number of carbonyl (C=O) groups is 4. The molecule has 0 rings (SSSR count). The lowest BCUT2D eigenvalue weighted by atomic mass is 10.2. The standard InChI is InChI=1S/C21H34O8/c1-4-6-10-26-12-8-18(22)15-28-20(24)14-17(3)21(25)29-16-19(23)9-13-27-11-7-5-2/h3-16H2,1-2H3. The van der Waals surface area contributed by atoms with Gasteiger partial charge in [-0.15, -0.1) is 0 Å². The van der Waals surface area contributed by atoms with E-state index in [0.29, 0.717) is 13.2 Å². The minimum Gasteiger partial charge on any atom is -0.457 e. The van der Waals surface area contributed by atoms with E-state index in [1.54, 1.807) is 0 Å². The topological polar surface area (TPSA) is 105 Å². The van der Waals surface area contributed by atoms with E-state index in [9.17, 15) is 19.2 Å². The number of ether oxygens (including phenoxy) is 4. The van der Waals surface area contributed by atoms with Crippen LogP contribution in [0.4, 0.5) is 0 Å². The van der Waals surface area contributed by atoms with Crippen LogP contribution in [0.5, 0.6) is 0 Å². The molecule has 8 nitrogen and oxygen atoms in total. The molecule has 0 saturated carbocycles. The Morgan fingerprint density at radius 2 is 1.21 bits per heavy atom. The Bertz CT molecular complexity index is 527. The van der Waals surface area contributed by atoms with Gasteiger partial charge < -0.3 is 18.9 Å². The van der Waals surface area contributed by atoms with Crippen LogP contribution in [-0.2, 0) is 38.1 Å². The van der Waals surface area contributed by atoms with E-state index in [-0.39, 0.29) is 49.8 Å². The summed E-state index contributed by atoms with van der Waals surface area (Å²) in [5.41, 5.74) is -0.141. The minimum absolute atomic E-state index is 0.141. The van der Waals surface area contributed by atoms with Crippen LogP contribution in [0.1, 0.15) is 58.8 Å². The predicted molar refractivity (Wildman–Crippen MR) is 106 cm³/mol. The number of rotatable bonds is 19. The maximum absolute atomic E-state index is 11.8. The molecule has 0 aromatic heterocycles. The average molecular weight is 414 g/mol. The quantitative estimate of drug-likeness (QED) is 0.180. The van der Waals surface area contributed by atoms with Gasteiger partial charge in [-0.05, 0) is 12.8 Å². The second-order valence-corrected chi connectivity index (χ2v) is 6.53. The van der Waals surface area contributed by atoms with Crippen LogP contribution >= 0.6 is 0 Å². The van der Waals surface area contributed by atoms with Crippen molar-refractivity contribution in [2.45, 2.75) is 58.8 Å². The molecule has 0 fully saturated rings. The van der Waals surface area contributed by atoms with Crippen LogP contribution in [0, 0.1) is 0 Å². The highest BCUT2D eigenvalue weighted by molar-refractivity contribution is 5.95. The van der Waals surface area contributed by atoms with Crippen molar-refractivity contribution in [3.05, 3.63) is 12.2 Å². The van der Waals surface area contributed by atoms with Crippen LogP contribution in [0.3, 0.4) is 0 Å². The first-order chi connectivity index (χ1) is 13.9. The number of Topliss-reactive ketones (excluding diaryl/α,β-unsaturated/α-hetero) is 2. The number of hydrogen-bond donors (Lipinski definition) is 0. The number of ketones is 2. The van der Waals surface area contributed by atoms with Crippen molar-refractivity contribution in [3.63, 3.8) is 0 Å². The molecule has 0 spiro atoms. The molecule has 0 N–H and O–H groups in total. The van der Waals surface area contributed by atoms with Crippen LogP contribution in [0.25, 0.3) is 0 Å². The van der Waals surface area contributed by atoms with Crippen molar-refractivity contribution in [2.24, 2.45) is 0 Å². The van der Waals surface area contributed by atoms with Gasteiger partial charge in [0.1, 0.15) is 13.2 Å². The van der Waals surface area contributed by atoms with Crippen LogP contribution in [0.15, 0.2) is 12.2 Å². The first-order valence-electron chi connectivity index (χ1n) is 10.1. The summed E-state index contributed by atoms with van der Waals surface area (Å²) in [5.74, 6) is -2.16. The third-order valence-corrected chi connectivity index (χ3v) is 3.74. The number of carbonyl (C=O) groups excluding carboxylic acids is 4. The highest BCUT2D eigenvalue weighted by atomic mass is 16.5. The van der Waals surface area contributed by atoms with Crippen molar-refractivity contribution in [3.8, 4) is 0 Å². The predicted octanol–water partition coefficient (Wildman–Crippen LogP) is 2.57. The average Bonchev–Trinajstić information content (AvgIpc) is 2.70. The molecule has 0 saturated heterocycles. The Morgan fingerprint density at radius 1 is 0.724 bits per heavy atom.